The summed E-state index contributed by atoms with van der Waals surface area (Å²) in [5.74, 6) is 0.349. The molecule has 0 aromatic heterocycles. The van der Waals surface area contributed by atoms with Crippen LogP contribution in [0.25, 0.3) is 0 Å². The molecule has 0 heterocycles. The largest absolute Gasteiger partial charge is 0.370 e. The van der Waals surface area contributed by atoms with Crippen LogP contribution in [0.3, 0.4) is 0 Å². The maximum atomic E-state index is 10.6. The topological polar surface area (TPSA) is 96.6 Å². The number of rotatable bonds is 6. The van der Waals surface area contributed by atoms with Crippen molar-refractivity contribution >= 4 is 40.0 Å². The number of nitrogens with zero attached hydrogens (tertiary/aromatic N) is 1. The molecule has 92 valence electrons. The Hall–Kier alpha value is -0.0900. The molecule has 0 spiro atoms. The van der Waals surface area contributed by atoms with Crippen LogP contribution in [0.15, 0.2) is 4.99 Å². The van der Waals surface area contributed by atoms with Gasteiger partial charge in [-0.1, -0.05) is 6.92 Å². The Kier molecular flexibility index (Phi) is 10.6. The fourth-order valence-corrected chi connectivity index (χ4v) is 1.19. The van der Waals surface area contributed by atoms with Gasteiger partial charge in [-0.3, -0.25) is 4.99 Å². The zero-order valence-electron chi connectivity index (χ0n) is 8.99. The maximum absolute atomic E-state index is 10.6. The first-order valence-corrected chi connectivity index (χ1v) is 6.33. The smallest absolute Gasteiger partial charge is 0.208 e. The van der Waals surface area contributed by atoms with E-state index in [1.165, 1.54) is 0 Å². The van der Waals surface area contributed by atoms with Crippen molar-refractivity contribution in [1.29, 1.82) is 0 Å². The fourth-order valence-electron chi connectivity index (χ4n) is 0.715. The van der Waals surface area contributed by atoms with E-state index in [4.69, 9.17) is 5.73 Å². The minimum atomic E-state index is -3.11. The van der Waals surface area contributed by atoms with Gasteiger partial charge in [0.05, 0.1) is 6.26 Å². The number of nitrogens with two attached hydrogens (primary N) is 1. The predicted molar refractivity (Wildman–Crippen MR) is 73.0 cm³/mol. The average molecular weight is 350 g/mol. The van der Waals surface area contributed by atoms with Gasteiger partial charge >= 0.3 is 0 Å². The molecule has 15 heavy (non-hydrogen) atoms. The van der Waals surface area contributed by atoms with Crippen LogP contribution in [0.1, 0.15) is 13.3 Å². The monoisotopic (exact) mass is 350 g/mol. The number of hydrogen-bond acceptors (Lipinski definition) is 3. The van der Waals surface area contributed by atoms with Gasteiger partial charge < -0.3 is 11.1 Å². The first kappa shape index (κ1) is 17.3. The van der Waals surface area contributed by atoms with Crippen LogP contribution in [-0.4, -0.2) is 40.3 Å². The fraction of sp³-hybridized carbons (Fsp3) is 0.857. The van der Waals surface area contributed by atoms with Crippen LogP contribution >= 0.6 is 24.0 Å². The highest BCUT2D eigenvalue weighted by Crippen LogP contribution is 1.76. The molecule has 0 fully saturated rings. The number of halogens is 1. The Morgan fingerprint density at radius 1 is 1.40 bits per heavy atom. The number of nitrogens with one attached hydrogen (secondary N) is 2. The van der Waals surface area contributed by atoms with E-state index in [1.54, 1.807) is 0 Å². The van der Waals surface area contributed by atoms with Gasteiger partial charge in [0.2, 0.25) is 10.0 Å². The SMILES string of the molecule is CCCN=C(N)NCCNS(C)(=O)=O.I. The first-order chi connectivity index (χ1) is 6.45. The molecule has 4 N–H and O–H groups in total. The van der Waals surface area contributed by atoms with Gasteiger partial charge in [-0.2, -0.15) is 0 Å². The molecule has 0 aromatic carbocycles. The molecule has 0 unspecified atom stereocenters. The average Bonchev–Trinajstić information content (AvgIpc) is 2.07. The standard InChI is InChI=1S/C7H18N4O2S.HI/c1-3-4-9-7(8)10-5-6-11-14(2,12)13;/h11H,3-6H2,1-2H3,(H3,8,9,10);1H. The van der Waals surface area contributed by atoms with Gasteiger partial charge in [-0.25, -0.2) is 13.1 Å². The van der Waals surface area contributed by atoms with Crippen LogP contribution in [0, 0.1) is 0 Å². The Bertz CT molecular complexity index is 279. The summed E-state index contributed by atoms with van der Waals surface area (Å²) in [6, 6.07) is 0. The zero-order chi connectivity index (χ0) is 11.0. The van der Waals surface area contributed by atoms with Crippen molar-refractivity contribution in [3.05, 3.63) is 0 Å². The summed E-state index contributed by atoms with van der Waals surface area (Å²) in [6.07, 6.45) is 2.05. The molecule has 8 heteroatoms. The van der Waals surface area contributed by atoms with Crippen molar-refractivity contribution in [2.45, 2.75) is 13.3 Å². The number of hydrogen-bond donors (Lipinski definition) is 3. The molecular weight excluding hydrogens is 331 g/mol. The molecule has 0 aliphatic rings. The van der Waals surface area contributed by atoms with E-state index in [0.29, 0.717) is 25.6 Å². The lowest BCUT2D eigenvalue weighted by molar-refractivity contribution is 0.587. The predicted octanol–water partition coefficient (Wildman–Crippen LogP) is -0.532. The highest BCUT2D eigenvalue weighted by molar-refractivity contribution is 14.0. The quantitative estimate of drug-likeness (QED) is 0.260. The molecule has 0 rings (SSSR count). The van der Waals surface area contributed by atoms with Gasteiger partial charge in [0.25, 0.3) is 0 Å². The van der Waals surface area contributed by atoms with Gasteiger partial charge in [0.1, 0.15) is 0 Å². The molecule has 0 radical (unpaired) electrons. The van der Waals surface area contributed by atoms with Crippen molar-refractivity contribution in [3.8, 4) is 0 Å². The van der Waals surface area contributed by atoms with E-state index < -0.39 is 10.0 Å². The molecule has 0 aliphatic carbocycles. The Morgan fingerprint density at radius 3 is 2.47 bits per heavy atom. The van der Waals surface area contributed by atoms with Crippen molar-refractivity contribution < 1.29 is 8.42 Å². The molecule has 0 bridgehead atoms. The van der Waals surface area contributed by atoms with Crippen molar-refractivity contribution in [1.82, 2.24) is 10.0 Å². The third-order valence-electron chi connectivity index (χ3n) is 1.30. The molecular formula is C7H19IN4O2S. The second-order valence-corrected chi connectivity index (χ2v) is 4.69. The van der Waals surface area contributed by atoms with Crippen LogP contribution in [-0.2, 0) is 10.0 Å². The van der Waals surface area contributed by atoms with Crippen molar-refractivity contribution in [2.24, 2.45) is 10.7 Å². The summed E-state index contributed by atoms with van der Waals surface area (Å²) < 4.78 is 23.6. The highest BCUT2D eigenvalue weighted by Gasteiger charge is 1.98. The Balaban J connectivity index is 0. The van der Waals surface area contributed by atoms with Crippen LogP contribution in [0.4, 0.5) is 0 Å². The maximum Gasteiger partial charge on any atom is 0.208 e. The van der Waals surface area contributed by atoms with E-state index in [-0.39, 0.29) is 24.0 Å². The lowest BCUT2D eigenvalue weighted by Crippen LogP contribution is -2.38. The van der Waals surface area contributed by atoms with Crippen LogP contribution < -0.4 is 15.8 Å². The van der Waals surface area contributed by atoms with E-state index >= 15 is 0 Å². The highest BCUT2D eigenvalue weighted by atomic mass is 127. The van der Waals surface area contributed by atoms with Gasteiger partial charge in [-0.15, -0.1) is 24.0 Å². The summed E-state index contributed by atoms with van der Waals surface area (Å²) in [7, 11) is -3.11. The number of sulfonamides is 1. The molecule has 0 aliphatic heterocycles. The van der Waals surface area contributed by atoms with E-state index in [1.807, 2.05) is 6.92 Å². The summed E-state index contributed by atoms with van der Waals surface area (Å²) in [5, 5.41) is 2.79. The van der Waals surface area contributed by atoms with Crippen LogP contribution in [0.5, 0.6) is 0 Å². The second-order valence-electron chi connectivity index (χ2n) is 2.86. The molecule has 0 amide bonds. The summed E-state index contributed by atoms with van der Waals surface area (Å²) in [6.45, 7) is 3.42. The summed E-state index contributed by atoms with van der Waals surface area (Å²) in [5.41, 5.74) is 5.47. The van der Waals surface area contributed by atoms with Gasteiger partial charge in [-0.05, 0) is 6.42 Å². The molecule has 0 saturated carbocycles. The Morgan fingerprint density at radius 2 is 2.00 bits per heavy atom. The number of aliphatic imine (C=N–C) groups is 1. The minimum absolute atomic E-state index is 0. The Labute approximate surface area is 108 Å². The van der Waals surface area contributed by atoms with Crippen LogP contribution in [0.2, 0.25) is 0 Å². The van der Waals surface area contributed by atoms with E-state index in [9.17, 15) is 8.42 Å². The lowest BCUT2D eigenvalue weighted by atomic mass is 10.5. The van der Waals surface area contributed by atoms with Crippen molar-refractivity contribution in [3.63, 3.8) is 0 Å². The first-order valence-electron chi connectivity index (χ1n) is 4.44. The summed E-state index contributed by atoms with van der Waals surface area (Å²) >= 11 is 0. The third kappa shape index (κ3) is 13.9. The molecule has 0 aromatic rings. The van der Waals surface area contributed by atoms with E-state index in [0.717, 1.165) is 12.7 Å². The summed E-state index contributed by atoms with van der Waals surface area (Å²) in [4.78, 5) is 3.98. The van der Waals surface area contributed by atoms with E-state index in [2.05, 4.69) is 15.0 Å². The van der Waals surface area contributed by atoms with Gasteiger partial charge in [0, 0.05) is 19.6 Å². The van der Waals surface area contributed by atoms with Gasteiger partial charge in [0.15, 0.2) is 5.96 Å². The number of guanidine groups is 1. The molecule has 6 nitrogen and oxygen atoms in total. The zero-order valence-corrected chi connectivity index (χ0v) is 12.1. The van der Waals surface area contributed by atoms with Crippen molar-refractivity contribution in [2.75, 3.05) is 25.9 Å². The molecule has 0 atom stereocenters. The minimum Gasteiger partial charge on any atom is -0.370 e. The third-order valence-corrected chi connectivity index (χ3v) is 2.03. The normalized spacial score (nSPS) is 12.0. The second kappa shape index (κ2) is 9.16. The lowest BCUT2D eigenvalue weighted by Gasteiger charge is -2.05. The molecule has 0 saturated heterocycles.